The highest BCUT2D eigenvalue weighted by molar-refractivity contribution is 6.03. The molecular formula is C19H20N2O3. The van der Waals surface area contributed by atoms with Crippen molar-refractivity contribution in [3.8, 4) is 5.75 Å². The minimum absolute atomic E-state index is 0.00958. The summed E-state index contributed by atoms with van der Waals surface area (Å²) in [5.74, 6) is 0.530. The molecule has 1 unspecified atom stereocenters. The molecule has 2 aromatic rings. The molecule has 24 heavy (non-hydrogen) atoms. The summed E-state index contributed by atoms with van der Waals surface area (Å²) in [5, 5.41) is 5.72. The van der Waals surface area contributed by atoms with Crippen LogP contribution in [0.5, 0.6) is 5.75 Å². The summed E-state index contributed by atoms with van der Waals surface area (Å²) in [6, 6.07) is 13.2. The molecule has 124 valence electrons. The average molecular weight is 324 g/mol. The average Bonchev–Trinajstić information content (AvgIpc) is 2.88. The number of nitrogens with one attached hydrogen (secondary N) is 2. The van der Waals surface area contributed by atoms with Gasteiger partial charge in [-0.2, -0.15) is 0 Å². The molecule has 2 N–H and O–H groups in total. The molecule has 0 radical (unpaired) electrons. The highest BCUT2D eigenvalue weighted by Gasteiger charge is 2.26. The van der Waals surface area contributed by atoms with Gasteiger partial charge in [-0.05, 0) is 48.7 Å². The summed E-state index contributed by atoms with van der Waals surface area (Å²) in [4.78, 5) is 23.9. The van der Waals surface area contributed by atoms with Crippen LogP contribution < -0.4 is 15.4 Å². The second-order valence-electron chi connectivity index (χ2n) is 5.87. The van der Waals surface area contributed by atoms with Crippen LogP contribution in [0.15, 0.2) is 42.5 Å². The van der Waals surface area contributed by atoms with Crippen molar-refractivity contribution >= 4 is 23.2 Å². The summed E-state index contributed by atoms with van der Waals surface area (Å²) in [7, 11) is 1.62. The summed E-state index contributed by atoms with van der Waals surface area (Å²) in [5.41, 5.74) is 3.46. The lowest BCUT2D eigenvalue weighted by Gasteiger charge is -2.10. The second kappa shape index (κ2) is 6.74. The largest absolute Gasteiger partial charge is 0.496 e. The number of hydrogen-bond donors (Lipinski definition) is 2. The zero-order chi connectivity index (χ0) is 17.1. The predicted octanol–water partition coefficient (Wildman–Crippen LogP) is 3.32. The zero-order valence-corrected chi connectivity index (χ0v) is 13.8. The van der Waals surface area contributed by atoms with Gasteiger partial charge in [-0.1, -0.05) is 18.2 Å². The van der Waals surface area contributed by atoms with Crippen LogP contribution in [0.3, 0.4) is 0 Å². The number of rotatable bonds is 5. The van der Waals surface area contributed by atoms with Crippen LogP contribution in [0.25, 0.3) is 0 Å². The molecule has 1 aliphatic heterocycles. The van der Waals surface area contributed by atoms with Gasteiger partial charge in [0.15, 0.2) is 0 Å². The Bertz CT molecular complexity index is 786. The van der Waals surface area contributed by atoms with Gasteiger partial charge in [0, 0.05) is 17.8 Å². The van der Waals surface area contributed by atoms with Crippen molar-refractivity contribution in [2.24, 2.45) is 0 Å². The molecule has 0 bridgehead atoms. The first-order valence-electron chi connectivity index (χ1n) is 7.95. The van der Waals surface area contributed by atoms with Gasteiger partial charge in [0.2, 0.25) is 11.8 Å². The van der Waals surface area contributed by atoms with E-state index in [2.05, 4.69) is 10.6 Å². The van der Waals surface area contributed by atoms with Gasteiger partial charge in [0.25, 0.3) is 0 Å². The fourth-order valence-electron chi connectivity index (χ4n) is 2.88. The van der Waals surface area contributed by atoms with Gasteiger partial charge >= 0.3 is 0 Å². The van der Waals surface area contributed by atoms with Crippen LogP contribution >= 0.6 is 0 Å². The van der Waals surface area contributed by atoms with Gasteiger partial charge in [0.05, 0.1) is 13.0 Å². The standard InChI is InChI=1S/C19H20N2O3/c1-12-15-11-14(8-9-16(15)21-19(12)23)20-18(22)10-7-13-5-3-4-6-17(13)24-2/h3-6,8-9,11-12H,7,10H2,1-2H3,(H,20,22)(H,21,23). The van der Waals surface area contributed by atoms with Crippen LogP contribution in [0.2, 0.25) is 0 Å². The third kappa shape index (κ3) is 3.25. The molecule has 5 heteroatoms. The molecule has 2 amide bonds. The van der Waals surface area contributed by atoms with Crippen molar-refractivity contribution in [1.29, 1.82) is 0 Å². The molecule has 0 fully saturated rings. The fourth-order valence-corrected chi connectivity index (χ4v) is 2.88. The van der Waals surface area contributed by atoms with E-state index >= 15 is 0 Å². The molecule has 1 atom stereocenters. The monoisotopic (exact) mass is 324 g/mol. The molecule has 2 aromatic carbocycles. The minimum Gasteiger partial charge on any atom is -0.496 e. The van der Waals surface area contributed by atoms with Crippen molar-refractivity contribution in [2.75, 3.05) is 17.7 Å². The SMILES string of the molecule is COc1ccccc1CCC(=O)Nc1ccc2c(c1)C(C)C(=O)N2. The number of aryl methyl sites for hydroxylation is 1. The zero-order valence-electron chi connectivity index (χ0n) is 13.8. The Morgan fingerprint density at radius 2 is 2.04 bits per heavy atom. The Morgan fingerprint density at radius 1 is 1.25 bits per heavy atom. The highest BCUT2D eigenvalue weighted by atomic mass is 16.5. The van der Waals surface area contributed by atoms with Gasteiger partial charge in [0.1, 0.15) is 5.75 Å². The van der Waals surface area contributed by atoms with Gasteiger partial charge in [-0.15, -0.1) is 0 Å². The molecule has 0 spiro atoms. The number of hydrogen-bond acceptors (Lipinski definition) is 3. The maximum absolute atomic E-state index is 12.2. The second-order valence-corrected chi connectivity index (χ2v) is 5.87. The quantitative estimate of drug-likeness (QED) is 0.886. The van der Waals surface area contributed by atoms with E-state index in [0.717, 1.165) is 22.6 Å². The normalized spacial score (nSPS) is 15.6. The molecule has 0 aromatic heterocycles. The van der Waals surface area contributed by atoms with Crippen LogP contribution in [0.4, 0.5) is 11.4 Å². The number of anilines is 2. The molecule has 1 heterocycles. The Hall–Kier alpha value is -2.82. The molecule has 0 saturated carbocycles. The summed E-state index contributed by atoms with van der Waals surface area (Å²) in [6.07, 6.45) is 0.974. The third-order valence-corrected chi connectivity index (χ3v) is 4.27. The van der Waals surface area contributed by atoms with Crippen LogP contribution in [-0.4, -0.2) is 18.9 Å². The van der Waals surface area contributed by atoms with E-state index in [0.29, 0.717) is 18.5 Å². The first-order chi connectivity index (χ1) is 11.6. The fraction of sp³-hybridized carbons (Fsp3) is 0.263. The number of benzene rings is 2. The van der Waals surface area contributed by atoms with E-state index in [1.54, 1.807) is 13.2 Å². The highest BCUT2D eigenvalue weighted by Crippen LogP contribution is 2.34. The van der Waals surface area contributed by atoms with E-state index in [-0.39, 0.29) is 17.7 Å². The van der Waals surface area contributed by atoms with Crippen molar-refractivity contribution in [1.82, 2.24) is 0 Å². The molecular weight excluding hydrogens is 304 g/mol. The topological polar surface area (TPSA) is 67.4 Å². The number of methoxy groups -OCH3 is 1. The lowest BCUT2D eigenvalue weighted by molar-refractivity contribution is -0.117. The lowest BCUT2D eigenvalue weighted by Crippen LogP contribution is -2.12. The Morgan fingerprint density at radius 3 is 2.83 bits per heavy atom. The van der Waals surface area contributed by atoms with Crippen molar-refractivity contribution in [3.63, 3.8) is 0 Å². The van der Waals surface area contributed by atoms with Gasteiger partial charge in [-0.25, -0.2) is 0 Å². The number of carbonyl (C=O) groups is 2. The molecule has 0 aliphatic carbocycles. The van der Waals surface area contributed by atoms with Crippen molar-refractivity contribution < 1.29 is 14.3 Å². The van der Waals surface area contributed by atoms with Crippen molar-refractivity contribution in [2.45, 2.75) is 25.7 Å². The number of ether oxygens (including phenoxy) is 1. The predicted molar refractivity (Wildman–Crippen MR) is 93.4 cm³/mol. The Kier molecular flexibility index (Phi) is 4.51. The van der Waals surface area contributed by atoms with Crippen LogP contribution in [0, 0.1) is 0 Å². The van der Waals surface area contributed by atoms with E-state index in [9.17, 15) is 9.59 Å². The summed E-state index contributed by atoms with van der Waals surface area (Å²) >= 11 is 0. The smallest absolute Gasteiger partial charge is 0.231 e. The van der Waals surface area contributed by atoms with Crippen molar-refractivity contribution in [3.05, 3.63) is 53.6 Å². The first kappa shape index (κ1) is 16.1. The molecule has 5 nitrogen and oxygen atoms in total. The molecule has 1 aliphatic rings. The van der Waals surface area contributed by atoms with E-state index in [1.807, 2.05) is 43.3 Å². The Labute approximate surface area is 141 Å². The van der Waals surface area contributed by atoms with Gasteiger partial charge in [-0.3, -0.25) is 9.59 Å². The Balaban J connectivity index is 1.63. The number of amides is 2. The van der Waals surface area contributed by atoms with E-state index < -0.39 is 0 Å². The number of fused-ring (bicyclic) bond motifs is 1. The van der Waals surface area contributed by atoms with Gasteiger partial charge < -0.3 is 15.4 Å². The molecule has 3 rings (SSSR count). The van der Waals surface area contributed by atoms with E-state index in [4.69, 9.17) is 4.74 Å². The minimum atomic E-state index is -0.189. The number of para-hydroxylation sites is 1. The number of carbonyl (C=O) groups excluding carboxylic acids is 2. The summed E-state index contributed by atoms with van der Waals surface area (Å²) < 4.78 is 5.30. The van der Waals surface area contributed by atoms with Crippen LogP contribution in [0.1, 0.15) is 30.4 Å². The third-order valence-electron chi connectivity index (χ3n) is 4.27. The summed E-state index contributed by atoms with van der Waals surface area (Å²) in [6.45, 7) is 1.86. The maximum atomic E-state index is 12.2. The molecule has 0 saturated heterocycles. The maximum Gasteiger partial charge on any atom is 0.231 e. The lowest BCUT2D eigenvalue weighted by atomic mass is 10.0. The van der Waals surface area contributed by atoms with Crippen LogP contribution in [-0.2, 0) is 16.0 Å². The first-order valence-corrected chi connectivity index (χ1v) is 7.95. The van der Waals surface area contributed by atoms with E-state index in [1.165, 1.54) is 0 Å².